The SMILES string of the molecule is CC(CN(C(=O)C1CCCCC1)C(C)(C)C)C(=O)O. The second-order valence-corrected chi connectivity index (χ2v) is 6.69. The van der Waals surface area contributed by atoms with Crippen LogP contribution in [0.3, 0.4) is 0 Å². The normalized spacial score (nSPS) is 18.9. The maximum Gasteiger partial charge on any atom is 0.308 e. The van der Waals surface area contributed by atoms with Crippen molar-refractivity contribution in [3.05, 3.63) is 0 Å². The van der Waals surface area contributed by atoms with Gasteiger partial charge in [-0.2, -0.15) is 0 Å². The minimum atomic E-state index is -0.842. The van der Waals surface area contributed by atoms with Gasteiger partial charge in [-0.15, -0.1) is 0 Å². The lowest BCUT2D eigenvalue weighted by molar-refractivity contribution is -0.147. The smallest absolute Gasteiger partial charge is 0.308 e. The standard InChI is InChI=1S/C15H27NO3/c1-11(14(18)19)10-16(15(2,3)4)13(17)12-8-6-5-7-9-12/h11-12H,5-10H2,1-4H3,(H,18,19). The van der Waals surface area contributed by atoms with Gasteiger partial charge < -0.3 is 10.0 Å². The van der Waals surface area contributed by atoms with Crippen LogP contribution in [-0.4, -0.2) is 34.0 Å². The summed E-state index contributed by atoms with van der Waals surface area (Å²) in [4.78, 5) is 25.4. The van der Waals surface area contributed by atoms with E-state index in [4.69, 9.17) is 5.11 Å². The Kier molecular flexibility index (Phi) is 5.39. The molecule has 4 nitrogen and oxygen atoms in total. The molecule has 0 bridgehead atoms. The molecular weight excluding hydrogens is 242 g/mol. The molecule has 1 unspecified atom stereocenters. The minimum Gasteiger partial charge on any atom is -0.481 e. The van der Waals surface area contributed by atoms with Gasteiger partial charge in [-0.3, -0.25) is 9.59 Å². The van der Waals surface area contributed by atoms with Crippen molar-refractivity contribution in [2.24, 2.45) is 11.8 Å². The topological polar surface area (TPSA) is 57.6 Å². The van der Waals surface area contributed by atoms with Crippen LogP contribution in [0.2, 0.25) is 0 Å². The van der Waals surface area contributed by atoms with Crippen molar-refractivity contribution in [2.45, 2.75) is 65.3 Å². The zero-order chi connectivity index (χ0) is 14.6. The van der Waals surface area contributed by atoms with Crippen LogP contribution in [0.1, 0.15) is 59.8 Å². The number of nitrogens with zero attached hydrogens (tertiary/aromatic N) is 1. The first kappa shape index (κ1) is 16.0. The Balaban J connectivity index is 2.78. The quantitative estimate of drug-likeness (QED) is 0.853. The van der Waals surface area contributed by atoms with Gasteiger partial charge in [0.15, 0.2) is 0 Å². The summed E-state index contributed by atoms with van der Waals surface area (Å²) in [6, 6.07) is 0. The third-order valence-corrected chi connectivity index (χ3v) is 3.91. The zero-order valence-corrected chi connectivity index (χ0v) is 12.6. The van der Waals surface area contributed by atoms with Crippen molar-refractivity contribution >= 4 is 11.9 Å². The largest absolute Gasteiger partial charge is 0.481 e. The average molecular weight is 269 g/mol. The first-order valence-electron chi connectivity index (χ1n) is 7.27. The van der Waals surface area contributed by atoms with Crippen LogP contribution in [0.4, 0.5) is 0 Å². The highest BCUT2D eigenvalue weighted by Gasteiger charge is 2.34. The van der Waals surface area contributed by atoms with Crippen LogP contribution < -0.4 is 0 Å². The summed E-state index contributed by atoms with van der Waals surface area (Å²) < 4.78 is 0. The Morgan fingerprint density at radius 2 is 1.74 bits per heavy atom. The molecule has 1 rings (SSSR count). The molecule has 0 saturated heterocycles. The molecule has 0 heterocycles. The molecule has 0 radical (unpaired) electrons. The van der Waals surface area contributed by atoms with E-state index in [1.54, 1.807) is 11.8 Å². The number of carbonyl (C=O) groups excluding carboxylic acids is 1. The molecular formula is C15H27NO3. The van der Waals surface area contributed by atoms with Crippen LogP contribution in [0, 0.1) is 11.8 Å². The second-order valence-electron chi connectivity index (χ2n) is 6.69. The molecule has 1 amide bonds. The summed E-state index contributed by atoms with van der Waals surface area (Å²) >= 11 is 0. The van der Waals surface area contributed by atoms with Crippen molar-refractivity contribution < 1.29 is 14.7 Å². The summed E-state index contributed by atoms with van der Waals surface area (Å²) in [7, 11) is 0. The Hall–Kier alpha value is -1.06. The van der Waals surface area contributed by atoms with Crippen LogP contribution >= 0.6 is 0 Å². The van der Waals surface area contributed by atoms with Gasteiger partial charge in [-0.25, -0.2) is 0 Å². The number of amides is 1. The van der Waals surface area contributed by atoms with Gasteiger partial charge in [0.25, 0.3) is 0 Å². The van der Waals surface area contributed by atoms with Crippen LogP contribution in [0.5, 0.6) is 0 Å². The van der Waals surface area contributed by atoms with Gasteiger partial charge in [-0.05, 0) is 33.6 Å². The first-order chi connectivity index (χ1) is 8.73. The molecule has 1 fully saturated rings. The zero-order valence-electron chi connectivity index (χ0n) is 12.6. The molecule has 1 saturated carbocycles. The lowest BCUT2D eigenvalue weighted by Gasteiger charge is -2.39. The van der Waals surface area contributed by atoms with Crippen molar-refractivity contribution in [2.75, 3.05) is 6.54 Å². The summed E-state index contributed by atoms with van der Waals surface area (Å²) in [6.45, 7) is 7.89. The number of aliphatic carboxylic acids is 1. The molecule has 1 aliphatic carbocycles. The molecule has 1 aliphatic rings. The van der Waals surface area contributed by atoms with Crippen LogP contribution in [0.25, 0.3) is 0 Å². The fourth-order valence-electron chi connectivity index (χ4n) is 2.62. The number of carboxylic acids is 1. The van der Waals surface area contributed by atoms with Gasteiger partial charge in [0.2, 0.25) is 5.91 Å². The lowest BCUT2D eigenvalue weighted by atomic mass is 9.87. The Morgan fingerprint density at radius 3 is 2.16 bits per heavy atom. The van der Waals surface area contributed by atoms with E-state index in [2.05, 4.69) is 0 Å². The van der Waals surface area contributed by atoms with E-state index < -0.39 is 11.9 Å². The molecule has 0 aliphatic heterocycles. The average Bonchev–Trinajstić information content (AvgIpc) is 2.34. The van der Waals surface area contributed by atoms with E-state index in [0.717, 1.165) is 25.7 Å². The summed E-state index contributed by atoms with van der Waals surface area (Å²) in [6.07, 6.45) is 5.34. The fourth-order valence-corrected chi connectivity index (χ4v) is 2.62. The van der Waals surface area contributed by atoms with E-state index in [9.17, 15) is 9.59 Å². The molecule has 0 aromatic carbocycles. The van der Waals surface area contributed by atoms with Gasteiger partial charge >= 0.3 is 5.97 Å². The predicted molar refractivity (Wildman–Crippen MR) is 74.8 cm³/mol. The maximum absolute atomic E-state index is 12.6. The highest BCUT2D eigenvalue weighted by molar-refractivity contribution is 5.80. The molecule has 1 atom stereocenters. The molecule has 19 heavy (non-hydrogen) atoms. The van der Waals surface area contributed by atoms with Gasteiger partial charge in [-0.1, -0.05) is 26.2 Å². The molecule has 110 valence electrons. The third-order valence-electron chi connectivity index (χ3n) is 3.91. The Morgan fingerprint density at radius 1 is 1.21 bits per heavy atom. The van der Waals surface area contributed by atoms with Crippen LogP contribution in [0.15, 0.2) is 0 Å². The molecule has 1 N–H and O–H groups in total. The summed E-state index contributed by atoms with van der Waals surface area (Å²) in [5.41, 5.74) is -0.321. The Labute approximate surface area is 116 Å². The first-order valence-corrected chi connectivity index (χ1v) is 7.27. The highest BCUT2D eigenvalue weighted by Crippen LogP contribution is 2.28. The Bertz CT molecular complexity index is 327. The van der Waals surface area contributed by atoms with E-state index >= 15 is 0 Å². The summed E-state index contributed by atoms with van der Waals surface area (Å²) in [5.74, 6) is -1.13. The fraction of sp³-hybridized carbons (Fsp3) is 0.867. The van der Waals surface area contributed by atoms with Crippen molar-refractivity contribution in [3.8, 4) is 0 Å². The number of carboxylic acid groups (broad SMARTS) is 1. The number of hydrogen-bond acceptors (Lipinski definition) is 2. The van der Waals surface area contributed by atoms with E-state index in [-0.39, 0.29) is 17.4 Å². The van der Waals surface area contributed by atoms with Crippen LogP contribution in [-0.2, 0) is 9.59 Å². The highest BCUT2D eigenvalue weighted by atomic mass is 16.4. The van der Waals surface area contributed by atoms with E-state index in [1.807, 2.05) is 20.8 Å². The lowest BCUT2D eigenvalue weighted by Crippen LogP contribution is -2.51. The van der Waals surface area contributed by atoms with Gasteiger partial charge in [0, 0.05) is 18.0 Å². The van der Waals surface area contributed by atoms with E-state index in [0.29, 0.717) is 6.54 Å². The molecule has 0 spiro atoms. The number of hydrogen-bond donors (Lipinski definition) is 1. The van der Waals surface area contributed by atoms with Gasteiger partial charge in [0.05, 0.1) is 5.92 Å². The van der Waals surface area contributed by atoms with Crippen molar-refractivity contribution in [1.82, 2.24) is 4.90 Å². The molecule has 0 aromatic rings. The monoisotopic (exact) mass is 269 g/mol. The van der Waals surface area contributed by atoms with Crippen molar-refractivity contribution in [1.29, 1.82) is 0 Å². The van der Waals surface area contributed by atoms with E-state index in [1.165, 1.54) is 6.42 Å². The second kappa shape index (κ2) is 6.40. The minimum absolute atomic E-state index is 0.0916. The summed E-state index contributed by atoms with van der Waals surface area (Å²) in [5, 5.41) is 9.05. The number of rotatable bonds is 4. The third kappa shape index (κ3) is 4.51. The predicted octanol–water partition coefficient (Wildman–Crippen LogP) is 2.91. The van der Waals surface area contributed by atoms with Gasteiger partial charge in [0.1, 0.15) is 0 Å². The van der Waals surface area contributed by atoms with Crippen molar-refractivity contribution in [3.63, 3.8) is 0 Å². The maximum atomic E-state index is 12.6. The molecule has 0 aromatic heterocycles. The number of carbonyl (C=O) groups is 2. The molecule has 4 heteroatoms.